The Hall–Kier alpha value is -0.680. The molecule has 1 atom stereocenters. The Labute approximate surface area is 120 Å². The number of benzene rings is 1. The van der Waals surface area contributed by atoms with Gasteiger partial charge >= 0.3 is 0 Å². The first kappa shape index (κ1) is 13.7. The van der Waals surface area contributed by atoms with E-state index >= 15 is 0 Å². The van der Waals surface area contributed by atoms with Crippen LogP contribution in [0.1, 0.15) is 29.2 Å². The lowest BCUT2D eigenvalue weighted by atomic mass is 10.1. The van der Waals surface area contributed by atoms with E-state index in [2.05, 4.69) is 9.59 Å². The summed E-state index contributed by atoms with van der Waals surface area (Å²) in [6, 6.07) is 5.27. The molecule has 0 spiro atoms. The van der Waals surface area contributed by atoms with E-state index in [1.165, 1.54) is 11.5 Å². The molecule has 96 valence electrons. The van der Waals surface area contributed by atoms with Crippen molar-refractivity contribution < 1.29 is 5.11 Å². The molecule has 1 heterocycles. The summed E-state index contributed by atoms with van der Waals surface area (Å²) in [5.41, 5.74) is 1.71. The topological polar surface area (TPSA) is 46.0 Å². The van der Waals surface area contributed by atoms with Gasteiger partial charge in [0, 0.05) is 16.5 Å². The Bertz CT molecular complexity index is 545. The van der Waals surface area contributed by atoms with Crippen molar-refractivity contribution in [3.8, 4) is 0 Å². The third-order valence-electron chi connectivity index (χ3n) is 2.65. The molecule has 0 saturated heterocycles. The molecule has 1 N–H and O–H groups in total. The summed E-state index contributed by atoms with van der Waals surface area (Å²) in [5.74, 6) is 0. The number of rotatable bonds is 4. The number of aliphatic hydroxyl groups excluding tert-OH is 1. The van der Waals surface area contributed by atoms with E-state index in [1.54, 1.807) is 12.1 Å². The smallest absolute Gasteiger partial charge is 0.0957 e. The van der Waals surface area contributed by atoms with Gasteiger partial charge in [0.15, 0.2) is 0 Å². The van der Waals surface area contributed by atoms with E-state index in [4.69, 9.17) is 23.2 Å². The van der Waals surface area contributed by atoms with Crippen LogP contribution >= 0.6 is 34.7 Å². The summed E-state index contributed by atoms with van der Waals surface area (Å²) in [7, 11) is 0. The van der Waals surface area contributed by atoms with Crippen LogP contribution in [0.3, 0.4) is 0 Å². The van der Waals surface area contributed by atoms with Crippen molar-refractivity contribution in [2.24, 2.45) is 0 Å². The van der Waals surface area contributed by atoms with Gasteiger partial charge in [-0.25, -0.2) is 0 Å². The molecule has 0 amide bonds. The van der Waals surface area contributed by atoms with E-state index < -0.39 is 6.10 Å². The molecule has 2 aromatic rings. The van der Waals surface area contributed by atoms with Gasteiger partial charge in [0.05, 0.1) is 16.7 Å². The maximum Gasteiger partial charge on any atom is 0.0957 e. The molecule has 0 radical (unpaired) electrons. The van der Waals surface area contributed by atoms with Gasteiger partial charge < -0.3 is 5.11 Å². The zero-order chi connectivity index (χ0) is 13.1. The van der Waals surface area contributed by atoms with Crippen molar-refractivity contribution >= 4 is 34.7 Å². The first-order valence-corrected chi connectivity index (χ1v) is 7.07. The van der Waals surface area contributed by atoms with E-state index in [9.17, 15) is 5.11 Å². The third kappa shape index (κ3) is 3.01. The fourth-order valence-electron chi connectivity index (χ4n) is 1.70. The number of aryl methyl sites for hydroxylation is 1. The Morgan fingerprint density at radius 3 is 2.83 bits per heavy atom. The van der Waals surface area contributed by atoms with Gasteiger partial charge in [-0.15, -0.1) is 5.10 Å². The van der Waals surface area contributed by atoms with Gasteiger partial charge in [-0.3, -0.25) is 0 Å². The van der Waals surface area contributed by atoms with Crippen LogP contribution in [-0.4, -0.2) is 14.7 Å². The molecule has 1 unspecified atom stereocenters. The Kier molecular flexibility index (Phi) is 4.56. The molecule has 0 fully saturated rings. The lowest BCUT2D eigenvalue weighted by molar-refractivity contribution is 0.181. The van der Waals surface area contributed by atoms with Crippen LogP contribution in [0, 0.1) is 0 Å². The maximum atomic E-state index is 10.2. The second-order valence-corrected chi connectivity index (χ2v) is 5.52. The molecule has 0 bridgehead atoms. The summed E-state index contributed by atoms with van der Waals surface area (Å²) in [6.07, 6.45) is 0.572. The lowest BCUT2D eigenvalue weighted by Gasteiger charge is -2.10. The standard InChI is InChI=1S/C12H12Cl2N2OS/c1-2-10-12(18-16-15-10)11(17)5-7-3-4-8(13)6-9(7)14/h3-4,6,11,17H,2,5H2,1H3. The van der Waals surface area contributed by atoms with E-state index in [1.807, 2.05) is 13.0 Å². The highest BCUT2D eigenvalue weighted by molar-refractivity contribution is 7.05. The molecule has 0 aliphatic rings. The second kappa shape index (κ2) is 5.97. The molecule has 0 saturated carbocycles. The number of nitrogens with zero attached hydrogens (tertiary/aromatic N) is 2. The molecule has 2 rings (SSSR count). The normalized spacial score (nSPS) is 12.7. The van der Waals surface area contributed by atoms with Crippen LogP contribution in [0.25, 0.3) is 0 Å². The zero-order valence-electron chi connectivity index (χ0n) is 9.73. The maximum absolute atomic E-state index is 10.2. The largest absolute Gasteiger partial charge is 0.387 e. The predicted molar refractivity (Wildman–Crippen MR) is 74.4 cm³/mol. The Morgan fingerprint density at radius 1 is 1.39 bits per heavy atom. The van der Waals surface area contributed by atoms with Crippen molar-refractivity contribution in [3.63, 3.8) is 0 Å². The van der Waals surface area contributed by atoms with Crippen LogP contribution < -0.4 is 0 Å². The number of halogens is 2. The average molecular weight is 303 g/mol. The zero-order valence-corrected chi connectivity index (χ0v) is 12.1. The predicted octanol–water partition coefficient (Wildman–Crippen LogP) is 3.68. The molecule has 6 heteroatoms. The highest BCUT2D eigenvalue weighted by atomic mass is 35.5. The van der Waals surface area contributed by atoms with E-state index in [0.29, 0.717) is 16.5 Å². The number of hydrogen-bond donors (Lipinski definition) is 1. The van der Waals surface area contributed by atoms with Crippen LogP contribution in [0.2, 0.25) is 10.0 Å². The minimum Gasteiger partial charge on any atom is -0.387 e. The summed E-state index contributed by atoms with van der Waals surface area (Å²) in [4.78, 5) is 0.809. The van der Waals surface area contributed by atoms with E-state index in [0.717, 1.165) is 22.6 Å². The number of hydrogen-bond acceptors (Lipinski definition) is 4. The van der Waals surface area contributed by atoms with Crippen LogP contribution in [-0.2, 0) is 12.8 Å². The van der Waals surface area contributed by atoms with Gasteiger partial charge in [0.25, 0.3) is 0 Å². The summed E-state index contributed by atoms with van der Waals surface area (Å²) in [6.45, 7) is 1.99. The molecule has 0 aliphatic heterocycles. The Balaban J connectivity index is 2.18. The third-order valence-corrected chi connectivity index (χ3v) is 4.11. The minimum absolute atomic E-state index is 0.437. The van der Waals surface area contributed by atoms with Crippen molar-refractivity contribution in [1.29, 1.82) is 0 Å². The van der Waals surface area contributed by atoms with Crippen LogP contribution in [0.15, 0.2) is 18.2 Å². The first-order valence-electron chi connectivity index (χ1n) is 5.55. The molecular formula is C12H12Cl2N2OS. The quantitative estimate of drug-likeness (QED) is 0.937. The average Bonchev–Trinajstić information content (AvgIpc) is 2.81. The van der Waals surface area contributed by atoms with Gasteiger partial charge in [0.2, 0.25) is 0 Å². The number of aromatic nitrogens is 2. The molecule has 1 aromatic carbocycles. The van der Waals surface area contributed by atoms with E-state index in [-0.39, 0.29) is 0 Å². The number of aliphatic hydroxyl groups is 1. The van der Waals surface area contributed by atoms with Crippen molar-refractivity contribution in [2.45, 2.75) is 25.9 Å². The minimum atomic E-state index is -0.626. The van der Waals surface area contributed by atoms with Crippen molar-refractivity contribution in [1.82, 2.24) is 9.59 Å². The molecule has 1 aromatic heterocycles. The fourth-order valence-corrected chi connectivity index (χ4v) is 2.91. The van der Waals surface area contributed by atoms with Crippen LogP contribution in [0.5, 0.6) is 0 Å². The summed E-state index contributed by atoms with van der Waals surface area (Å²) < 4.78 is 3.87. The molecular weight excluding hydrogens is 291 g/mol. The summed E-state index contributed by atoms with van der Waals surface area (Å²) >= 11 is 13.2. The van der Waals surface area contributed by atoms with Gasteiger partial charge in [0.1, 0.15) is 0 Å². The Morgan fingerprint density at radius 2 is 2.17 bits per heavy atom. The molecule has 3 nitrogen and oxygen atoms in total. The van der Waals surface area contributed by atoms with Crippen molar-refractivity contribution in [3.05, 3.63) is 44.4 Å². The van der Waals surface area contributed by atoms with Crippen molar-refractivity contribution in [2.75, 3.05) is 0 Å². The highest BCUT2D eigenvalue weighted by Crippen LogP contribution is 2.28. The SMILES string of the molecule is CCc1nnsc1C(O)Cc1ccc(Cl)cc1Cl. The highest BCUT2D eigenvalue weighted by Gasteiger charge is 2.17. The van der Waals surface area contributed by atoms with Gasteiger partial charge in [-0.05, 0) is 35.6 Å². The van der Waals surface area contributed by atoms with Gasteiger partial charge in [-0.2, -0.15) is 0 Å². The molecule has 18 heavy (non-hydrogen) atoms. The summed E-state index contributed by atoms with van der Waals surface area (Å²) in [5, 5.41) is 15.4. The molecule has 0 aliphatic carbocycles. The second-order valence-electron chi connectivity index (χ2n) is 3.89. The fraction of sp³-hybridized carbons (Fsp3) is 0.333. The lowest BCUT2D eigenvalue weighted by Crippen LogP contribution is -2.03. The monoisotopic (exact) mass is 302 g/mol. The van der Waals surface area contributed by atoms with Gasteiger partial charge in [-0.1, -0.05) is 40.7 Å². The first-order chi connectivity index (χ1) is 8.61. The van der Waals surface area contributed by atoms with Crippen LogP contribution in [0.4, 0.5) is 0 Å².